The predicted octanol–water partition coefficient (Wildman–Crippen LogP) is 3.56. The molecule has 1 aliphatic carbocycles. The fourth-order valence-corrected chi connectivity index (χ4v) is 3.73. The van der Waals surface area contributed by atoms with Crippen LogP contribution < -0.4 is 4.90 Å². The Balaban J connectivity index is 1.70. The molecular formula is C19H22N4. The van der Waals surface area contributed by atoms with Crippen molar-refractivity contribution in [2.24, 2.45) is 11.8 Å². The summed E-state index contributed by atoms with van der Waals surface area (Å²) in [6.45, 7) is 6.43. The summed E-state index contributed by atoms with van der Waals surface area (Å²) >= 11 is 0. The quantitative estimate of drug-likeness (QED) is 0.796. The van der Waals surface area contributed by atoms with Gasteiger partial charge in [-0.05, 0) is 50.7 Å². The van der Waals surface area contributed by atoms with Gasteiger partial charge in [0.25, 0.3) is 0 Å². The third kappa shape index (κ3) is 2.62. The smallest absolute Gasteiger partial charge is 0.163 e. The molecule has 23 heavy (non-hydrogen) atoms. The number of hydrogen-bond donors (Lipinski definition) is 0. The fourth-order valence-electron chi connectivity index (χ4n) is 3.73. The average Bonchev–Trinajstić information content (AvgIpc) is 3.02. The minimum atomic E-state index is 0.775. The summed E-state index contributed by atoms with van der Waals surface area (Å²) in [6, 6.07) is 3.96. The topological polar surface area (TPSA) is 41.9 Å². The number of aromatic nitrogens is 3. The molecule has 2 aliphatic rings. The van der Waals surface area contributed by atoms with Crippen molar-refractivity contribution in [2.75, 3.05) is 18.0 Å². The van der Waals surface area contributed by atoms with Crippen molar-refractivity contribution in [3.63, 3.8) is 0 Å². The van der Waals surface area contributed by atoms with Gasteiger partial charge in [0.15, 0.2) is 5.82 Å². The maximum Gasteiger partial charge on any atom is 0.163 e. The van der Waals surface area contributed by atoms with Crippen LogP contribution in [0.15, 0.2) is 36.7 Å². The summed E-state index contributed by atoms with van der Waals surface area (Å²) < 4.78 is 0. The highest BCUT2D eigenvalue weighted by atomic mass is 15.2. The molecule has 2 atom stereocenters. The van der Waals surface area contributed by atoms with Crippen LogP contribution in [0, 0.1) is 25.7 Å². The fraction of sp³-hybridized carbons (Fsp3) is 0.421. The molecule has 2 aromatic rings. The van der Waals surface area contributed by atoms with Crippen molar-refractivity contribution in [3.05, 3.63) is 47.9 Å². The lowest BCUT2D eigenvalue weighted by atomic mass is 9.86. The lowest BCUT2D eigenvalue weighted by Gasteiger charge is -2.21. The van der Waals surface area contributed by atoms with Gasteiger partial charge >= 0.3 is 0 Å². The number of pyridine rings is 1. The number of nitrogens with zero attached hydrogens (tertiary/aromatic N) is 4. The molecule has 1 aliphatic heterocycles. The van der Waals surface area contributed by atoms with Gasteiger partial charge in [-0.3, -0.25) is 4.98 Å². The summed E-state index contributed by atoms with van der Waals surface area (Å²) in [5, 5.41) is 0. The molecule has 1 saturated heterocycles. The molecule has 1 fully saturated rings. The second-order valence-electron chi connectivity index (χ2n) is 6.69. The van der Waals surface area contributed by atoms with Gasteiger partial charge in [-0.1, -0.05) is 12.2 Å². The zero-order valence-electron chi connectivity index (χ0n) is 13.7. The van der Waals surface area contributed by atoms with E-state index in [1.807, 2.05) is 18.3 Å². The SMILES string of the molecule is Cc1nc(-c2cccnc2)nc(N2CC3CC=CCC3C2)c1C. The van der Waals surface area contributed by atoms with Crippen LogP contribution in [0.2, 0.25) is 0 Å². The van der Waals surface area contributed by atoms with Gasteiger partial charge in [0.2, 0.25) is 0 Å². The first-order chi connectivity index (χ1) is 11.2. The van der Waals surface area contributed by atoms with E-state index in [4.69, 9.17) is 4.98 Å². The molecular weight excluding hydrogens is 284 g/mol. The standard InChI is InChI=1S/C19H22N4/c1-13-14(2)21-18(15-8-5-9-20-10-15)22-19(13)23-11-16-6-3-4-7-17(16)12-23/h3-5,8-10,16-17H,6-7,11-12H2,1-2H3. The van der Waals surface area contributed by atoms with Crippen molar-refractivity contribution in [2.45, 2.75) is 26.7 Å². The second kappa shape index (κ2) is 5.76. The Bertz CT molecular complexity index is 723. The molecule has 4 rings (SSSR count). The van der Waals surface area contributed by atoms with Crippen molar-refractivity contribution < 1.29 is 0 Å². The van der Waals surface area contributed by atoms with Gasteiger partial charge in [-0.2, -0.15) is 0 Å². The number of anilines is 1. The van der Waals surface area contributed by atoms with Crippen LogP contribution in [0.5, 0.6) is 0 Å². The summed E-state index contributed by atoms with van der Waals surface area (Å²) in [7, 11) is 0. The molecule has 2 aromatic heterocycles. The lowest BCUT2D eigenvalue weighted by molar-refractivity contribution is 0.411. The maximum atomic E-state index is 4.90. The van der Waals surface area contributed by atoms with Crippen LogP contribution in [0.25, 0.3) is 11.4 Å². The van der Waals surface area contributed by atoms with E-state index >= 15 is 0 Å². The zero-order chi connectivity index (χ0) is 15.8. The Kier molecular flexibility index (Phi) is 3.60. The third-order valence-corrected chi connectivity index (χ3v) is 5.20. The number of allylic oxidation sites excluding steroid dienone is 2. The molecule has 2 unspecified atom stereocenters. The summed E-state index contributed by atoms with van der Waals surface area (Å²) in [5.74, 6) is 3.43. The number of fused-ring (bicyclic) bond motifs is 1. The van der Waals surface area contributed by atoms with E-state index in [1.54, 1.807) is 6.20 Å². The molecule has 0 N–H and O–H groups in total. The van der Waals surface area contributed by atoms with Gasteiger partial charge in [-0.25, -0.2) is 9.97 Å². The molecule has 0 saturated carbocycles. The number of rotatable bonds is 2. The highest BCUT2D eigenvalue weighted by molar-refractivity contribution is 5.59. The number of aryl methyl sites for hydroxylation is 1. The molecule has 0 bridgehead atoms. The first-order valence-electron chi connectivity index (χ1n) is 8.38. The highest BCUT2D eigenvalue weighted by Crippen LogP contribution is 2.36. The van der Waals surface area contributed by atoms with Crippen molar-refractivity contribution >= 4 is 5.82 Å². The monoisotopic (exact) mass is 306 g/mol. The molecule has 0 amide bonds. The normalized spacial score (nSPS) is 23.1. The van der Waals surface area contributed by atoms with E-state index in [2.05, 4.69) is 40.9 Å². The second-order valence-corrected chi connectivity index (χ2v) is 6.69. The first-order valence-corrected chi connectivity index (χ1v) is 8.38. The van der Waals surface area contributed by atoms with E-state index in [0.29, 0.717) is 0 Å². The minimum absolute atomic E-state index is 0.775. The molecule has 0 radical (unpaired) electrons. The number of hydrogen-bond acceptors (Lipinski definition) is 4. The minimum Gasteiger partial charge on any atom is -0.356 e. The Morgan fingerprint density at radius 3 is 2.43 bits per heavy atom. The maximum absolute atomic E-state index is 4.90. The van der Waals surface area contributed by atoms with Crippen LogP contribution in [0.3, 0.4) is 0 Å². The van der Waals surface area contributed by atoms with Crippen molar-refractivity contribution in [3.8, 4) is 11.4 Å². The predicted molar refractivity (Wildman–Crippen MR) is 92.3 cm³/mol. The largest absolute Gasteiger partial charge is 0.356 e. The van der Waals surface area contributed by atoms with Crippen LogP contribution in [0.1, 0.15) is 24.1 Å². The summed E-state index contributed by atoms with van der Waals surface area (Å²) in [5.41, 5.74) is 3.24. The molecule has 4 nitrogen and oxygen atoms in total. The first kappa shape index (κ1) is 14.4. The van der Waals surface area contributed by atoms with Crippen molar-refractivity contribution in [1.29, 1.82) is 0 Å². The summed E-state index contributed by atoms with van der Waals surface area (Å²) in [6.07, 6.45) is 10.7. The average molecular weight is 306 g/mol. The Labute approximate surface area is 137 Å². The molecule has 118 valence electrons. The highest BCUT2D eigenvalue weighted by Gasteiger charge is 2.34. The van der Waals surface area contributed by atoms with Gasteiger partial charge in [0.05, 0.1) is 0 Å². The van der Waals surface area contributed by atoms with E-state index < -0.39 is 0 Å². The Morgan fingerprint density at radius 1 is 1.04 bits per heavy atom. The van der Waals surface area contributed by atoms with Crippen molar-refractivity contribution in [1.82, 2.24) is 15.0 Å². The molecule has 4 heteroatoms. The van der Waals surface area contributed by atoms with Crippen LogP contribution in [0.4, 0.5) is 5.82 Å². The van der Waals surface area contributed by atoms with Crippen LogP contribution >= 0.6 is 0 Å². The van der Waals surface area contributed by atoms with E-state index in [0.717, 1.165) is 47.8 Å². The molecule has 0 aromatic carbocycles. The third-order valence-electron chi connectivity index (χ3n) is 5.20. The van der Waals surface area contributed by atoms with Gasteiger partial charge in [0, 0.05) is 42.3 Å². The lowest BCUT2D eigenvalue weighted by Crippen LogP contribution is -2.23. The summed E-state index contributed by atoms with van der Waals surface area (Å²) in [4.78, 5) is 16.2. The van der Waals surface area contributed by atoms with Gasteiger partial charge < -0.3 is 4.90 Å². The van der Waals surface area contributed by atoms with Crippen LogP contribution in [-0.4, -0.2) is 28.0 Å². The van der Waals surface area contributed by atoms with Gasteiger partial charge in [-0.15, -0.1) is 0 Å². The Hall–Kier alpha value is -2.23. The molecule has 0 spiro atoms. The van der Waals surface area contributed by atoms with E-state index in [9.17, 15) is 0 Å². The van der Waals surface area contributed by atoms with Gasteiger partial charge in [0.1, 0.15) is 5.82 Å². The van der Waals surface area contributed by atoms with E-state index in [-0.39, 0.29) is 0 Å². The zero-order valence-corrected chi connectivity index (χ0v) is 13.7. The molecule has 3 heterocycles. The van der Waals surface area contributed by atoms with Crippen LogP contribution in [-0.2, 0) is 0 Å². The van der Waals surface area contributed by atoms with E-state index in [1.165, 1.54) is 18.4 Å². The Morgan fingerprint density at radius 2 is 1.78 bits per heavy atom.